The molecule has 1 aromatic rings. The SMILES string of the molecule is C=C/C=C\C(C)=C(/C)c1ccc(C(=C)C(C)CC/C(C)=C/C)c(C)c1. The first kappa shape index (κ1) is 21.0. The van der Waals surface area contributed by atoms with E-state index in [-0.39, 0.29) is 0 Å². The molecule has 25 heavy (non-hydrogen) atoms. The van der Waals surface area contributed by atoms with Crippen molar-refractivity contribution in [1.29, 1.82) is 0 Å². The zero-order chi connectivity index (χ0) is 19.0. The van der Waals surface area contributed by atoms with Crippen molar-refractivity contribution in [3.63, 3.8) is 0 Å². The predicted molar refractivity (Wildman–Crippen MR) is 116 cm³/mol. The molecule has 0 amide bonds. The highest BCUT2D eigenvalue weighted by molar-refractivity contribution is 5.74. The molecule has 0 heterocycles. The Balaban J connectivity index is 3.00. The molecule has 1 atom stereocenters. The van der Waals surface area contributed by atoms with Gasteiger partial charge in [-0.05, 0) is 86.8 Å². The van der Waals surface area contributed by atoms with Crippen molar-refractivity contribution in [1.82, 2.24) is 0 Å². The average Bonchev–Trinajstić information content (AvgIpc) is 2.62. The normalized spacial score (nSPS) is 14.4. The molecule has 0 spiro atoms. The Morgan fingerprint density at radius 3 is 2.44 bits per heavy atom. The molecule has 0 heteroatoms. The summed E-state index contributed by atoms with van der Waals surface area (Å²) in [4.78, 5) is 0. The van der Waals surface area contributed by atoms with E-state index in [0.29, 0.717) is 5.92 Å². The first-order valence-corrected chi connectivity index (χ1v) is 9.20. The number of rotatable bonds is 8. The van der Waals surface area contributed by atoms with Gasteiger partial charge in [0, 0.05) is 0 Å². The lowest BCUT2D eigenvalue weighted by Gasteiger charge is -2.18. The van der Waals surface area contributed by atoms with Gasteiger partial charge in [0.1, 0.15) is 0 Å². The van der Waals surface area contributed by atoms with E-state index in [1.807, 2.05) is 12.2 Å². The highest BCUT2D eigenvalue weighted by Crippen LogP contribution is 2.30. The maximum absolute atomic E-state index is 4.39. The van der Waals surface area contributed by atoms with Crippen molar-refractivity contribution < 1.29 is 0 Å². The maximum atomic E-state index is 4.39. The summed E-state index contributed by atoms with van der Waals surface area (Å²) in [6, 6.07) is 6.74. The zero-order valence-electron chi connectivity index (χ0n) is 16.9. The molecule has 0 fully saturated rings. The molecule has 0 radical (unpaired) electrons. The second kappa shape index (κ2) is 10.0. The standard InChI is InChI=1S/C25H34/c1-9-11-12-19(4)22(7)24-15-16-25(21(6)17-24)23(8)20(5)14-13-18(3)10-2/h9-12,15-17,20H,1,8,13-14H2,2-7H3/b12-11-,18-10+,22-19+. The first-order valence-electron chi connectivity index (χ1n) is 9.20. The Morgan fingerprint density at radius 2 is 1.88 bits per heavy atom. The van der Waals surface area contributed by atoms with Crippen molar-refractivity contribution in [2.45, 2.75) is 54.4 Å². The molecule has 0 saturated carbocycles. The van der Waals surface area contributed by atoms with Crippen LogP contribution in [0.4, 0.5) is 0 Å². The van der Waals surface area contributed by atoms with Gasteiger partial charge in [-0.3, -0.25) is 0 Å². The third-order valence-electron chi connectivity index (χ3n) is 5.14. The van der Waals surface area contributed by atoms with Gasteiger partial charge >= 0.3 is 0 Å². The van der Waals surface area contributed by atoms with Gasteiger partial charge in [0.15, 0.2) is 0 Å². The monoisotopic (exact) mass is 334 g/mol. The summed E-state index contributed by atoms with van der Waals surface area (Å²) in [5.74, 6) is 0.494. The lowest BCUT2D eigenvalue weighted by molar-refractivity contribution is 0.661. The minimum atomic E-state index is 0.494. The summed E-state index contributed by atoms with van der Waals surface area (Å²) >= 11 is 0. The van der Waals surface area contributed by atoms with Crippen molar-refractivity contribution in [3.05, 3.63) is 83.5 Å². The van der Waals surface area contributed by atoms with E-state index in [1.165, 1.54) is 39.0 Å². The van der Waals surface area contributed by atoms with Gasteiger partial charge in [0.25, 0.3) is 0 Å². The van der Waals surface area contributed by atoms with Crippen LogP contribution in [0.5, 0.6) is 0 Å². The highest BCUT2D eigenvalue weighted by atomic mass is 14.2. The van der Waals surface area contributed by atoms with Crippen LogP contribution in [0.1, 0.15) is 64.2 Å². The van der Waals surface area contributed by atoms with Crippen molar-refractivity contribution in [2.24, 2.45) is 5.92 Å². The van der Waals surface area contributed by atoms with E-state index in [9.17, 15) is 0 Å². The number of benzene rings is 1. The molecule has 0 bridgehead atoms. The fourth-order valence-corrected chi connectivity index (χ4v) is 2.85. The van der Waals surface area contributed by atoms with Crippen LogP contribution < -0.4 is 0 Å². The second-order valence-electron chi connectivity index (χ2n) is 7.03. The van der Waals surface area contributed by atoms with E-state index >= 15 is 0 Å². The van der Waals surface area contributed by atoms with Crippen LogP contribution in [-0.2, 0) is 0 Å². The van der Waals surface area contributed by atoms with Gasteiger partial charge in [-0.25, -0.2) is 0 Å². The van der Waals surface area contributed by atoms with Crippen LogP contribution in [-0.4, -0.2) is 0 Å². The minimum Gasteiger partial charge on any atom is -0.0991 e. The van der Waals surface area contributed by atoms with E-state index < -0.39 is 0 Å². The molecule has 1 aromatic carbocycles. The first-order chi connectivity index (χ1) is 11.8. The largest absolute Gasteiger partial charge is 0.0991 e. The Kier molecular flexibility index (Phi) is 8.41. The van der Waals surface area contributed by atoms with Crippen molar-refractivity contribution in [2.75, 3.05) is 0 Å². The zero-order valence-corrected chi connectivity index (χ0v) is 16.9. The topological polar surface area (TPSA) is 0 Å². The smallest absolute Gasteiger partial charge is 0.0187 e. The molecule has 1 unspecified atom stereocenters. The predicted octanol–water partition coefficient (Wildman–Crippen LogP) is 7.93. The number of allylic oxidation sites excluding steroid dienone is 8. The summed E-state index contributed by atoms with van der Waals surface area (Å²) in [7, 11) is 0. The van der Waals surface area contributed by atoms with Gasteiger partial charge in [0.2, 0.25) is 0 Å². The maximum Gasteiger partial charge on any atom is -0.0187 e. The van der Waals surface area contributed by atoms with E-state index in [1.54, 1.807) is 0 Å². The van der Waals surface area contributed by atoms with Crippen LogP contribution in [0, 0.1) is 12.8 Å². The lowest BCUT2D eigenvalue weighted by atomic mass is 9.87. The van der Waals surface area contributed by atoms with Crippen LogP contribution in [0.25, 0.3) is 11.1 Å². The fourth-order valence-electron chi connectivity index (χ4n) is 2.85. The molecule has 0 nitrogen and oxygen atoms in total. The molecule has 0 aliphatic carbocycles. The minimum absolute atomic E-state index is 0.494. The Labute approximate surface area is 155 Å². The molecule has 0 aliphatic heterocycles. The fraction of sp³-hybridized carbons (Fsp3) is 0.360. The van der Waals surface area contributed by atoms with Crippen LogP contribution >= 0.6 is 0 Å². The molecular formula is C25H34. The van der Waals surface area contributed by atoms with E-state index in [4.69, 9.17) is 0 Å². The van der Waals surface area contributed by atoms with Gasteiger partial charge in [-0.2, -0.15) is 0 Å². The van der Waals surface area contributed by atoms with Gasteiger partial charge in [0.05, 0.1) is 0 Å². The molecule has 0 saturated heterocycles. The molecule has 0 N–H and O–H groups in total. The summed E-state index contributed by atoms with van der Waals surface area (Å²) in [5.41, 5.74) is 9.14. The quantitative estimate of drug-likeness (QED) is 0.334. The van der Waals surface area contributed by atoms with E-state index in [0.717, 1.165) is 12.8 Å². The molecular weight excluding hydrogens is 300 g/mol. The Morgan fingerprint density at radius 1 is 1.20 bits per heavy atom. The Bertz CT molecular complexity index is 708. The molecule has 0 aliphatic rings. The van der Waals surface area contributed by atoms with Gasteiger partial charge < -0.3 is 0 Å². The molecule has 1 rings (SSSR count). The lowest BCUT2D eigenvalue weighted by Crippen LogP contribution is -2.01. The van der Waals surface area contributed by atoms with Gasteiger partial charge in [-0.1, -0.05) is 68.2 Å². The average molecular weight is 335 g/mol. The highest BCUT2D eigenvalue weighted by Gasteiger charge is 2.12. The Hall–Kier alpha value is -2.08. The van der Waals surface area contributed by atoms with Crippen LogP contribution in [0.3, 0.4) is 0 Å². The third kappa shape index (κ3) is 6.05. The van der Waals surface area contributed by atoms with Crippen LogP contribution in [0.2, 0.25) is 0 Å². The number of hydrogen-bond acceptors (Lipinski definition) is 0. The van der Waals surface area contributed by atoms with Crippen molar-refractivity contribution in [3.8, 4) is 0 Å². The molecule has 0 aromatic heterocycles. The third-order valence-corrected chi connectivity index (χ3v) is 5.14. The second-order valence-corrected chi connectivity index (χ2v) is 7.03. The molecule has 134 valence electrons. The number of aryl methyl sites for hydroxylation is 1. The van der Waals surface area contributed by atoms with Crippen LogP contribution in [0.15, 0.2) is 66.8 Å². The van der Waals surface area contributed by atoms with E-state index in [2.05, 4.69) is 85.1 Å². The summed E-state index contributed by atoms with van der Waals surface area (Å²) in [6.07, 6.45) is 10.4. The summed E-state index contributed by atoms with van der Waals surface area (Å²) in [5, 5.41) is 0. The van der Waals surface area contributed by atoms with Crippen molar-refractivity contribution >= 4 is 11.1 Å². The summed E-state index contributed by atoms with van der Waals surface area (Å²) < 4.78 is 0. The summed E-state index contributed by atoms with van der Waals surface area (Å²) in [6.45, 7) is 21.2. The van der Waals surface area contributed by atoms with Gasteiger partial charge in [-0.15, -0.1) is 0 Å². The number of hydrogen-bond donors (Lipinski definition) is 0.